The summed E-state index contributed by atoms with van der Waals surface area (Å²) in [6.45, 7) is 9.37. The van der Waals surface area contributed by atoms with E-state index in [9.17, 15) is 8.42 Å². The van der Waals surface area contributed by atoms with Crippen LogP contribution in [0.15, 0.2) is 62.4 Å². The fraction of sp³-hybridized carbons (Fsp3) is 0.360. The zero-order valence-corrected chi connectivity index (χ0v) is 23.0. The smallest absolute Gasteiger partial charge is 0.220 e. The molecule has 12 nitrogen and oxygen atoms in total. The minimum absolute atomic E-state index is 0.110. The molecule has 2 aromatic carbocycles. The molecule has 2 aromatic rings. The Kier molecular flexibility index (Phi) is 6.60. The van der Waals surface area contributed by atoms with Crippen LogP contribution in [0.3, 0.4) is 0 Å². The highest BCUT2D eigenvalue weighted by Crippen LogP contribution is 2.31. The largest absolute Gasteiger partial charge is 0.369 e. The highest BCUT2D eigenvalue weighted by atomic mass is 32.2. The van der Waals surface area contributed by atoms with Crippen molar-refractivity contribution in [2.75, 3.05) is 9.80 Å². The fourth-order valence-corrected chi connectivity index (χ4v) is 6.32. The summed E-state index contributed by atoms with van der Waals surface area (Å²) < 4.78 is 26.1. The highest BCUT2D eigenvalue weighted by Gasteiger charge is 2.34. The van der Waals surface area contributed by atoms with E-state index in [0.717, 1.165) is 16.9 Å². The molecule has 0 aliphatic carbocycles. The van der Waals surface area contributed by atoms with Crippen molar-refractivity contribution in [1.29, 1.82) is 0 Å². The van der Waals surface area contributed by atoms with Crippen molar-refractivity contribution < 1.29 is 8.42 Å². The van der Waals surface area contributed by atoms with Crippen molar-refractivity contribution in [1.82, 2.24) is 0 Å². The average molecular weight is 539 g/mol. The number of sulfone groups is 1. The number of aliphatic imine (C=N–C) groups is 4. The summed E-state index contributed by atoms with van der Waals surface area (Å²) in [5, 5.41) is 0. The summed E-state index contributed by atoms with van der Waals surface area (Å²) in [6.07, 6.45) is 0. The summed E-state index contributed by atoms with van der Waals surface area (Å²) in [5.74, 6) is 0.457. The molecule has 202 valence electrons. The van der Waals surface area contributed by atoms with Gasteiger partial charge in [0.15, 0.2) is 9.84 Å². The van der Waals surface area contributed by atoms with Gasteiger partial charge in [0, 0.05) is 11.4 Å². The summed E-state index contributed by atoms with van der Waals surface area (Å²) >= 11 is 0. The number of anilines is 2. The number of rotatable bonds is 6. The Hall–Kier alpha value is -4.13. The van der Waals surface area contributed by atoms with E-state index < -0.39 is 21.2 Å². The summed E-state index contributed by atoms with van der Waals surface area (Å²) in [5.41, 5.74) is 26.0. The van der Waals surface area contributed by atoms with E-state index in [-0.39, 0.29) is 35.3 Å². The van der Waals surface area contributed by atoms with Crippen LogP contribution in [0, 0.1) is 6.92 Å². The summed E-state index contributed by atoms with van der Waals surface area (Å²) in [7, 11) is -3.46. The normalized spacial score (nSPS) is 18.9. The second kappa shape index (κ2) is 9.31. The number of aryl methyl sites for hydroxylation is 1. The van der Waals surface area contributed by atoms with Crippen LogP contribution in [0.1, 0.15) is 44.4 Å². The minimum Gasteiger partial charge on any atom is -0.369 e. The van der Waals surface area contributed by atoms with Gasteiger partial charge in [-0.05, 0) is 69.5 Å². The van der Waals surface area contributed by atoms with E-state index in [1.807, 2.05) is 46.8 Å². The number of guanidine groups is 4. The molecule has 0 fully saturated rings. The third-order valence-electron chi connectivity index (χ3n) is 6.26. The number of nitrogens with zero attached hydrogens (tertiary/aromatic N) is 6. The molecular weight excluding hydrogens is 504 g/mol. The molecule has 0 radical (unpaired) electrons. The molecule has 0 bridgehead atoms. The Morgan fingerprint density at radius 2 is 1.21 bits per heavy atom. The fourth-order valence-electron chi connectivity index (χ4n) is 4.83. The zero-order valence-electron chi connectivity index (χ0n) is 22.2. The van der Waals surface area contributed by atoms with Gasteiger partial charge in [-0.25, -0.2) is 18.4 Å². The van der Waals surface area contributed by atoms with Gasteiger partial charge in [-0.3, -0.25) is 9.80 Å². The lowest BCUT2D eigenvalue weighted by molar-refractivity contribution is 0.533. The van der Waals surface area contributed by atoms with Crippen LogP contribution in [0.5, 0.6) is 0 Å². The Labute approximate surface area is 222 Å². The first-order valence-electron chi connectivity index (χ1n) is 12.0. The molecule has 2 aliphatic heterocycles. The number of nitrogens with two attached hydrogens (primary N) is 4. The first kappa shape index (κ1) is 26.9. The molecule has 4 rings (SSSR count). The van der Waals surface area contributed by atoms with Gasteiger partial charge < -0.3 is 22.9 Å². The molecule has 38 heavy (non-hydrogen) atoms. The number of hydrogen-bond donors (Lipinski definition) is 4. The highest BCUT2D eigenvalue weighted by molar-refractivity contribution is 7.89. The molecule has 8 N–H and O–H groups in total. The maximum absolute atomic E-state index is 13.1. The monoisotopic (exact) mass is 538 g/mol. The molecule has 0 spiro atoms. The van der Waals surface area contributed by atoms with Gasteiger partial charge in [-0.15, -0.1) is 0 Å². The summed E-state index contributed by atoms with van der Waals surface area (Å²) in [6, 6.07) is 12.6. The van der Waals surface area contributed by atoms with Crippen LogP contribution in [-0.4, -0.2) is 43.6 Å². The first-order valence-corrected chi connectivity index (χ1v) is 13.8. The van der Waals surface area contributed by atoms with Crippen molar-refractivity contribution in [2.45, 2.75) is 57.5 Å². The SMILES string of the molecule is Cc1cc(CS(=O)(=O)Cc2ccc(N3C(N)=NC(N)=NC3(C)C)cc2)ccc1N1C(N)=NC(N)=NC1(C)C. The second-order valence-corrected chi connectivity index (χ2v) is 12.4. The maximum Gasteiger partial charge on any atom is 0.220 e. The standard InChI is InChI=1S/C25H34N10O2S/c1-15-12-17(8-11-19(15)35-23(29)31-21(27)33-25(35,4)5)14-38(36,37)13-16-6-9-18(10-7-16)34-22(28)30-20(26)32-24(34,2)3/h6-12H,13-14H2,1-5H3,(H4,26,28,30,32)(H4,27,29,31,33). The van der Waals surface area contributed by atoms with Crippen LogP contribution < -0.4 is 32.7 Å². The van der Waals surface area contributed by atoms with Gasteiger partial charge in [0.05, 0.1) is 11.5 Å². The number of benzene rings is 2. The van der Waals surface area contributed by atoms with Gasteiger partial charge in [0.2, 0.25) is 23.8 Å². The topological polar surface area (TPSA) is 194 Å². The van der Waals surface area contributed by atoms with Crippen molar-refractivity contribution in [3.8, 4) is 0 Å². The van der Waals surface area contributed by atoms with E-state index in [4.69, 9.17) is 22.9 Å². The van der Waals surface area contributed by atoms with Gasteiger partial charge in [-0.1, -0.05) is 24.3 Å². The Morgan fingerprint density at radius 3 is 1.71 bits per heavy atom. The lowest BCUT2D eigenvalue weighted by atomic mass is 10.1. The Morgan fingerprint density at radius 1 is 0.737 bits per heavy atom. The van der Waals surface area contributed by atoms with Crippen LogP contribution in [-0.2, 0) is 21.3 Å². The van der Waals surface area contributed by atoms with E-state index in [0.29, 0.717) is 11.1 Å². The van der Waals surface area contributed by atoms with Crippen molar-refractivity contribution in [3.63, 3.8) is 0 Å². The van der Waals surface area contributed by atoms with Gasteiger partial charge in [0.1, 0.15) is 11.3 Å². The van der Waals surface area contributed by atoms with E-state index in [1.165, 1.54) is 0 Å². The Balaban J connectivity index is 1.49. The van der Waals surface area contributed by atoms with E-state index in [2.05, 4.69) is 20.0 Å². The van der Waals surface area contributed by atoms with Crippen molar-refractivity contribution in [3.05, 3.63) is 59.2 Å². The molecule has 0 unspecified atom stereocenters. The predicted octanol–water partition coefficient (Wildman–Crippen LogP) is 1.48. The van der Waals surface area contributed by atoms with Crippen LogP contribution in [0.2, 0.25) is 0 Å². The zero-order chi connectivity index (χ0) is 28.0. The molecule has 0 atom stereocenters. The van der Waals surface area contributed by atoms with Gasteiger partial charge >= 0.3 is 0 Å². The molecule has 2 heterocycles. The second-order valence-electron chi connectivity index (χ2n) is 10.4. The molecule has 13 heteroatoms. The first-order chi connectivity index (χ1) is 17.6. The lowest BCUT2D eigenvalue weighted by Crippen LogP contribution is -2.54. The van der Waals surface area contributed by atoms with Crippen molar-refractivity contribution >= 4 is 45.1 Å². The number of hydrogen-bond acceptors (Lipinski definition) is 12. The lowest BCUT2D eigenvalue weighted by Gasteiger charge is -2.39. The van der Waals surface area contributed by atoms with E-state index in [1.54, 1.807) is 40.1 Å². The Bertz CT molecular complexity index is 1490. The molecule has 2 aliphatic rings. The molecule has 0 amide bonds. The maximum atomic E-state index is 13.1. The third-order valence-corrected chi connectivity index (χ3v) is 7.80. The molecule has 0 saturated heterocycles. The van der Waals surface area contributed by atoms with E-state index >= 15 is 0 Å². The summed E-state index contributed by atoms with van der Waals surface area (Å²) in [4.78, 5) is 20.4. The predicted molar refractivity (Wildman–Crippen MR) is 154 cm³/mol. The van der Waals surface area contributed by atoms with Crippen LogP contribution in [0.25, 0.3) is 0 Å². The van der Waals surface area contributed by atoms with Crippen LogP contribution in [0.4, 0.5) is 11.4 Å². The average Bonchev–Trinajstić information content (AvgIpc) is 2.73. The molecular formula is C25H34N10O2S. The van der Waals surface area contributed by atoms with Crippen LogP contribution >= 0.6 is 0 Å². The minimum atomic E-state index is -3.46. The van der Waals surface area contributed by atoms with Gasteiger partial charge in [0.25, 0.3) is 0 Å². The van der Waals surface area contributed by atoms with Gasteiger partial charge in [-0.2, -0.15) is 9.98 Å². The molecule has 0 saturated carbocycles. The van der Waals surface area contributed by atoms with Crippen molar-refractivity contribution in [2.24, 2.45) is 42.9 Å². The third kappa shape index (κ3) is 5.42. The quantitative estimate of drug-likeness (QED) is 0.424. The molecule has 0 aromatic heterocycles.